The van der Waals surface area contributed by atoms with Crippen LogP contribution in [-0.4, -0.2) is 48.2 Å². The number of methoxy groups -OCH3 is 1. The van der Waals surface area contributed by atoms with Crippen molar-refractivity contribution in [3.05, 3.63) is 119 Å². The van der Waals surface area contributed by atoms with Crippen molar-refractivity contribution in [2.75, 3.05) is 7.11 Å². The van der Waals surface area contributed by atoms with Crippen molar-refractivity contribution in [2.24, 2.45) is 0 Å². The summed E-state index contributed by atoms with van der Waals surface area (Å²) < 4.78 is 8.67. The first kappa shape index (κ1) is 25.6. The molecular weight excluding hydrogens is 528 g/mol. The number of ether oxygens (including phenoxy) is 1. The summed E-state index contributed by atoms with van der Waals surface area (Å²) in [4.78, 5) is 11.9. The number of aliphatic hydroxyl groups excluding tert-OH is 1. The predicted molar refractivity (Wildman–Crippen MR) is 157 cm³/mol. The molecule has 0 aliphatic heterocycles. The summed E-state index contributed by atoms with van der Waals surface area (Å²) in [5.74, 6) is -0.371. The van der Waals surface area contributed by atoms with Crippen LogP contribution in [0.15, 0.2) is 97.1 Å². The number of carbonyl (C=O) groups excluding carboxylic acids is 1. The van der Waals surface area contributed by atoms with Crippen LogP contribution in [0.2, 0.25) is 0 Å². The number of rotatable bonds is 6. The van der Waals surface area contributed by atoms with E-state index in [4.69, 9.17) is 14.9 Å². The van der Waals surface area contributed by atoms with Gasteiger partial charge in [-0.2, -0.15) is 0 Å². The third kappa shape index (κ3) is 4.36. The second-order valence-electron chi connectivity index (χ2n) is 10.1. The molecule has 7 rings (SSSR count). The summed E-state index contributed by atoms with van der Waals surface area (Å²) in [5.41, 5.74) is 10.5. The van der Waals surface area contributed by atoms with Crippen molar-refractivity contribution in [1.29, 1.82) is 0 Å². The summed E-state index contributed by atoms with van der Waals surface area (Å²) in [5, 5.41) is 28.1. The van der Waals surface area contributed by atoms with Gasteiger partial charge in [0.15, 0.2) is 0 Å². The van der Waals surface area contributed by atoms with Gasteiger partial charge < -0.3 is 9.84 Å². The molecule has 1 aliphatic carbocycles. The number of carbonyl (C=O) groups is 1. The number of benzene rings is 4. The molecule has 0 fully saturated rings. The van der Waals surface area contributed by atoms with Gasteiger partial charge in [-0.3, -0.25) is 0 Å². The van der Waals surface area contributed by atoms with Crippen LogP contribution in [0.3, 0.4) is 0 Å². The van der Waals surface area contributed by atoms with E-state index in [1.165, 1.54) is 7.11 Å². The number of fused-ring (bicyclic) bond motifs is 8. The lowest BCUT2D eigenvalue weighted by Crippen LogP contribution is -2.08. The molecule has 0 saturated carbocycles. The molecule has 0 spiro atoms. The maximum Gasteiger partial charge on any atom is 0.337 e. The van der Waals surface area contributed by atoms with Crippen LogP contribution in [0.4, 0.5) is 0 Å². The lowest BCUT2D eigenvalue weighted by Gasteiger charge is -2.19. The summed E-state index contributed by atoms with van der Waals surface area (Å²) in [6.07, 6.45) is 0. The van der Waals surface area contributed by atoms with Crippen LogP contribution in [0, 0.1) is 0 Å². The van der Waals surface area contributed by atoms with E-state index < -0.39 is 0 Å². The monoisotopic (exact) mass is 554 g/mol. The average molecular weight is 555 g/mol. The van der Waals surface area contributed by atoms with Crippen LogP contribution in [0.5, 0.6) is 0 Å². The molecule has 1 aliphatic rings. The predicted octanol–water partition coefficient (Wildman–Crippen LogP) is 5.23. The Bertz CT molecular complexity index is 1920. The fourth-order valence-electron chi connectivity index (χ4n) is 5.50. The summed E-state index contributed by atoms with van der Waals surface area (Å²) >= 11 is 0. The lowest BCUT2D eigenvalue weighted by atomic mass is 9.89. The van der Waals surface area contributed by atoms with E-state index in [2.05, 4.69) is 34.7 Å². The van der Waals surface area contributed by atoms with Gasteiger partial charge in [-0.25, -0.2) is 14.2 Å². The van der Waals surface area contributed by atoms with Gasteiger partial charge in [-0.05, 0) is 28.8 Å². The molecule has 1 N–H and O–H groups in total. The van der Waals surface area contributed by atoms with Crippen molar-refractivity contribution in [3.8, 4) is 45.0 Å². The fourth-order valence-corrected chi connectivity index (χ4v) is 5.50. The Hall–Kier alpha value is -5.41. The van der Waals surface area contributed by atoms with Gasteiger partial charge in [0.25, 0.3) is 0 Å². The zero-order valence-electron chi connectivity index (χ0n) is 22.8. The third-order valence-electron chi connectivity index (χ3n) is 7.59. The topological polar surface area (TPSA) is 108 Å². The Balaban J connectivity index is 1.37. The van der Waals surface area contributed by atoms with Gasteiger partial charge in [-0.15, -0.1) is 10.2 Å². The molecule has 2 aromatic heterocycles. The minimum absolute atomic E-state index is 0.00494. The van der Waals surface area contributed by atoms with Gasteiger partial charge in [0.05, 0.1) is 43.8 Å². The number of hydrogen-bond donors (Lipinski definition) is 1. The smallest absolute Gasteiger partial charge is 0.337 e. The lowest BCUT2D eigenvalue weighted by molar-refractivity contribution is 0.0600. The van der Waals surface area contributed by atoms with Crippen molar-refractivity contribution < 1.29 is 14.6 Å². The van der Waals surface area contributed by atoms with Crippen LogP contribution in [-0.2, 0) is 24.4 Å². The van der Waals surface area contributed by atoms with E-state index in [9.17, 15) is 9.90 Å². The highest BCUT2D eigenvalue weighted by Crippen LogP contribution is 2.46. The van der Waals surface area contributed by atoms with E-state index in [1.807, 2.05) is 70.0 Å². The molecule has 9 nitrogen and oxygen atoms in total. The Kier molecular flexibility index (Phi) is 6.41. The molecule has 0 bridgehead atoms. The quantitative estimate of drug-likeness (QED) is 0.281. The van der Waals surface area contributed by atoms with Crippen LogP contribution in [0.25, 0.3) is 45.0 Å². The highest BCUT2D eigenvalue weighted by Gasteiger charge is 2.29. The summed E-state index contributed by atoms with van der Waals surface area (Å²) in [6.45, 7) is 0.986. The zero-order valence-corrected chi connectivity index (χ0v) is 22.8. The van der Waals surface area contributed by atoms with E-state index in [-0.39, 0.29) is 12.6 Å². The first-order valence-corrected chi connectivity index (χ1v) is 13.6. The first-order valence-electron chi connectivity index (χ1n) is 13.6. The van der Waals surface area contributed by atoms with Gasteiger partial charge in [0.2, 0.25) is 0 Å². The van der Waals surface area contributed by atoms with Crippen molar-refractivity contribution in [1.82, 2.24) is 30.0 Å². The minimum Gasteiger partial charge on any atom is -0.465 e. The average Bonchev–Trinajstić information content (AvgIpc) is 3.64. The van der Waals surface area contributed by atoms with Crippen LogP contribution >= 0.6 is 0 Å². The van der Waals surface area contributed by atoms with E-state index in [1.54, 1.807) is 12.1 Å². The number of nitrogens with zero attached hydrogens (tertiary/aromatic N) is 6. The van der Waals surface area contributed by atoms with E-state index in [0.29, 0.717) is 18.7 Å². The normalized spacial score (nSPS) is 11.5. The molecule has 6 aromatic rings. The fraction of sp³-hybridized carbons (Fsp3) is 0.121. The van der Waals surface area contributed by atoms with Crippen molar-refractivity contribution in [2.45, 2.75) is 19.7 Å². The molecule has 0 atom stereocenters. The molecule has 0 unspecified atom stereocenters. The largest absolute Gasteiger partial charge is 0.465 e. The Morgan fingerprint density at radius 2 is 1.07 bits per heavy atom. The van der Waals surface area contributed by atoms with E-state index in [0.717, 1.165) is 61.7 Å². The van der Waals surface area contributed by atoms with Crippen molar-refractivity contribution in [3.63, 3.8) is 0 Å². The highest BCUT2D eigenvalue weighted by atomic mass is 16.5. The van der Waals surface area contributed by atoms with Crippen LogP contribution in [0.1, 0.15) is 27.0 Å². The molecule has 9 heteroatoms. The molecule has 0 amide bonds. The minimum atomic E-state index is -0.371. The maximum absolute atomic E-state index is 11.9. The first-order chi connectivity index (χ1) is 20.6. The van der Waals surface area contributed by atoms with Crippen LogP contribution < -0.4 is 0 Å². The number of aromatic nitrogens is 6. The highest BCUT2D eigenvalue weighted by molar-refractivity contribution is 5.99. The van der Waals surface area contributed by atoms with E-state index >= 15 is 0 Å². The molecule has 42 heavy (non-hydrogen) atoms. The van der Waals surface area contributed by atoms with Gasteiger partial charge >= 0.3 is 5.97 Å². The standard InChI is InChI=1S/C33H26N6O3/c1-42-33(41)24-16-14-22(15-17-24)19-39-32-28-9-5-3-7-26(28)29-31(27-8-4-2-6-25(27)30(32)35-37-39)38(36-34-29)18-21-10-12-23(20-40)13-11-21/h2-17,40H,18-20H2,1H3. The third-order valence-corrected chi connectivity index (χ3v) is 7.59. The Morgan fingerprint density at radius 3 is 1.52 bits per heavy atom. The maximum atomic E-state index is 11.9. The zero-order chi connectivity index (χ0) is 28.6. The second-order valence-corrected chi connectivity index (χ2v) is 10.1. The van der Waals surface area contributed by atoms with Gasteiger partial charge in [0, 0.05) is 22.3 Å². The Labute approximate surface area is 241 Å². The molecule has 4 aromatic carbocycles. The molecule has 0 radical (unpaired) electrons. The summed E-state index contributed by atoms with van der Waals surface area (Å²) in [7, 11) is 1.37. The number of hydrogen-bond acceptors (Lipinski definition) is 7. The number of aliphatic hydroxyl groups is 1. The molecule has 0 saturated heterocycles. The van der Waals surface area contributed by atoms with Crippen molar-refractivity contribution >= 4 is 5.97 Å². The second kappa shape index (κ2) is 10.5. The van der Waals surface area contributed by atoms with Gasteiger partial charge in [0.1, 0.15) is 11.4 Å². The van der Waals surface area contributed by atoms with Gasteiger partial charge in [-0.1, -0.05) is 95.4 Å². The number of esters is 1. The SMILES string of the molecule is COC(=O)c1ccc(Cn2nnc3c2-c2ccccc2-c2nnn(Cc4ccc(CO)cc4)c2-c2ccccc2-3)cc1. The Morgan fingerprint density at radius 1 is 0.643 bits per heavy atom. The molecule has 2 heterocycles. The summed E-state index contributed by atoms with van der Waals surface area (Å²) in [6, 6.07) is 31.5. The molecule has 206 valence electrons. The molecular formula is C33H26N6O3.